The predicted molar refractivity (Wildman–Crippen MR) is 163 cm³/mol. The Morgan fingerprint density at radius 1 is 0.474 bits per heavy atom. The lowest BCUT2D eigenvalue weighted by Crippen LogP contribution is -2.07. The van der Waals surface area contributed by atoms with Crippen LogP contribution in [0.3, 0.4) is 0 Å². The summed E-state index contributed by atoms with van der Waals surface area (Å²) in [7, 11) is -1.70. The molecule has 4 heteroatoms. The highest BCUT2D eigenvalue weighted by Crippen LogP contribution is 2.45. The molecule has 0 aliphatic carbocycles. The lowest BCUT2D eigenvalue weighted by atomic mass is 10.0. The Balaban J connectivity index is 1.93. The fraction of sp³-hybridized carbons (Fsp3) is 0.471. The highest BCUT2D eigenvalue weighted by Gasteiger charge is 2.24. The van der Waals surface area contributed by atoms with E-state index in [1.807, 2.05) is 24.3 Å². The first-order valence-electron chi connectivity index (χ1n) is 14.8. The Labute approximate surface area is 232 Å². The van der Waals surface area contributed by atoms with Gasteiger partial charge in [0.25, 0.3) is 0 Å². The number of aryl methyl sites for hydroxylation is 4. The molecular weight excluding hydrogens is 487 g/mol. The van der Waals surface area contributed by atoms with Crippen molar-refractivity contribution in [2.45, 2.75) is 105 Å². The second-order valence-electron chi connectivity index (χ2n) is 10.1. The van der Waals surface area contributed by atoms with Crippen molar-refractivity contribution >= 4 is 8.60 Å². The van der Waals surface area contributed by atoms with Crippen molar-refractivity contribution in [3.8, 4) is 17.2 Å². The number of hydrogen-bond acceptors (Lipinski definition) is 3. The van der Waals surface area contributed by atoms with Gasteiger partial charge in [-0.25, -0.2) is 0 Å². The minimum atomic E-state index is -1.70. The zero-order valence-electron chi connectivity index (χ0n) is 24.0. The molecule has 0 aromatic heterocycles. The molecule has 0 aliphatic rings. The van der Waals surface area contributed by atoms with Crippen molar-refractivity contribution in [1.29, 1.82) is 0 Å². The van der Waals surface area contributed by atoms with Crippen LogP contribution in [0, 0.1) is 0 Å². The fourth-order valence-electron chi connectivity index (χ4n) is 4.45. The molecule has 0 fully saturated rings. The molecule has 0 spiro atoms. The highest BCUT2D eigenvalue weighted by atomic mass is 31.2. The third-order valence-corrected chi connectivity index (χ3v) is 7.84. The minimum Gasteiger partial charge on any atom is -0.408 e. The summed E-state index contributed by atoms with van der Waals surface area (Å²) in [5.41, 5.74) is 5.04. The molecule has 3 aromatic rings. The molecule has 0 amide bonds. The Kier molecular flexibility index (Phi) is 13.6. The Bertz CT molecular complexity index is 1030. The van der Waals surface area contributed by atoms with Crippen LogP contribution < -0.4 is 13.6 Å². The van der Waals surface area contributed by atoms with Crippen LogP contribution in [-0.4, -0.2) is 0 Å². The number of para-hydroxylation sites is 2. The minimum absolute atomic E-state index is 0.854. The van der Waals surface area contributed by atoms with Crippen molar-refractivity contribution in [1.82, 2.24) is 0 Å². The molecule has 38 heavy (non-hydrogen) atoms. The van der Waals surface area contributed by atoms with Gasteiger partial charge in [0.1, 0.15) is 17.2 Å². The van der Waals surface area contributed by atoms with E-state index in [1.54, 1.807) is 0 Å². The summed E-state index contributed by atoms with van der Waals surface area (Å²) in [5.74, 6) is 2.59. The van der Waals surface area contributed by atoms with E-state index in [9.17, 15) is 0 Å². The van der Waals surface area contributed by atoms with E-state index in [2.05, 4.69) is 70.2 Å². The summed E-state index contributed by atoms with van der Waals surface area (Å²) in [4.78, 5) is 0. The average molecular weight is 535 g/mol. The van der Waals surface area contributed by atoms with E-state index >= 15 is 0 Å². The first-order valence-corrected chi connectivity index (χ1v) is 15.9. The van der Waals surface area contributed by atoms with Crippen LogP contribution in [0.25, 0.3) is 0 Å². The molecule has 0 saturated heterocycles. The Morgan fingerprint density at radius 3 is 1.39 bits per heavy atom. The zero-order valence-corrected chi connectivity index (χ0v) is 24.9. The van der Waals surface area contributed by atoms with Crippen LogP contribution in [-0.2, 0) is 25.7 Å². The monoisotopic (exact) mass is 534 g/mol. The van der Waals surface area contributed by atoms with Gasteiger partial charge >= 0.3 is 8.60 Å². The van der Waals surface area contributed by atoms with Gasteiger partial charge in [-0.2, -0.15) is 0 Å². The molecule has 0 aliphatic heterocycles. The van der Waals surface area contributed by atoms with Gasteiger partial charge in [-0.1, -0.05) is 102 Å². The smallest absolute Gasteiger partial charge is 0.408 e. The van der Waals surface area contributed by atoms with Crippen LogP contribution in [0.15, 0.2) is 66.7 Å². The molecule has 0 N–H and O–H groups in total. The molecule has 0 radical (unpaired) electrons. The van der Waals surface area contributed by atoms with E-state index in [0.717, 1.165) is 81.5 Å². The molecule has 0 bridgehead atoms. The number of hydrogen-bond donors (Lipinski definition) is 0. The van der Waals surface area contributed by atoms with E-state index in [-0.39, 0.29) is 0 Å². The van der Waals surface area contributed by atoms with Gasteiger partial charge in [-0.05, 0) is 91.8 Å². The van der Waals surface area contributed by atoms with Crippen molar-refractivity contribution < 1.29 is 13.6 Å². The van der Waals surface area contributed by atoms with Crippen LogP contribution in [0.1, 0.15) is 101 Å². The molecule has 0 unspecified atom stereocenters. The van der Waals surface area contributed by atoms with Gasteiger partial charge in [0.2, 0.25) is 0 Å². The quantitative estimate of drug-likeness (QED) is 0.152. The average Bonchev–Trinajstić information content (AvgIpc) is 2.94. The molecular formula is C34H47O3P. The van der Waals surface area contributed by atoms with Crippen molar-refractivity contribution in [2.75, 3.05) is 0 Å². The summed E-state index contributed by atoms with van der Waals surface area (Å²) in [6.45, 7) is 8.92. The third-order valence-electron chi connectivity index (χ3n) is 6.81. The van der Waals surface area contributed by atoms with E-state index < -0.39 is 8.60 Å². The van der Waals surface area contributed by atoms with Crippen molar-refractivity contribution in [3.63, 3.8) is 0 Å². The standard InChI is InChI=1S/C34H47O3P/c1-5-9-17-28-25-26-34(31(27-28)20-12-8-4)37-38(35-32-23-15-13-21-29(32)18-10-6-2)36-33-24-16-14-22-30(33)19-11-7-3/h13-16,21-27H,5-12,17-20H2,1-4H3. The van der Waals surface area contributed by atoms with Crippen molar-refractivity contribution in [2.24, 2.45) is 0 Å². The molecule has 3 nitrogen and oxygen atoms in total. The summed E-state index contributed by atoms with van der Waals surface area (Å²) in [6, 6.07) is 23.3. The zero-order chi connectivity index (χ0) is 27.0. The number of benzene rings is 3. The van der Waals surface area contributed by atoms with E-state index in [4.69, 9.17) is 13.6 Å². The highest BCUT2D eigenvalue weighted by molar-refractivity contribution is 7.43. The Morgan fingerprint density at radius 2 is 0.895 bits per heavy atom. The normalized spacial score (nSPS) is 11.1. The molecule has 3 aromatic carbocycles. The van der Waals surface area contributed by atoms with Gasteiger partial charge in [-0.3, -0.25) is 0 Å². The van der Waals surface area contributed by atoms with Gasteiger partial charge < -0.3 is 13.6 Å². The number of unbranched alkanes of at least 4 members (excludes halogenated alkanes) is 4. The molecule has 206 valence electrons. The predicted octanol–water partition coefficient (Wildman–Crippen LogP) is 10.8. The second kappa shape index (κ2) is 17.2. The maximum atomic E-state index is 6.65. The first kappa shape index (κ1) is 30.0. The topological polar surface area (TPSA) is 27.7 Å². The van der Waals surface area contributed by atoms with Crippen LogP contribution >= 0.6 is 8.60 Å². The summed E-state index contributed by atoms with van der Waals surface area (Å²) in [6.07, 6.45) is 13.3. The maximum absolute atomic E-state index is 6.65. The van der Waals surface area contributed by atoms with Gasteiger partial charge in [0.15, 0.2) is 0 Å². The van der Waals surface area contributed by atoms with Gasteiger partial charge in [0.05, 0.1) is 0 Å². The lowest BCUT2D eigenvalue weighted by Gasteiger charge is -2.22. The maximum Gasteiger partial charge on any atom is 0.530 e. The number of rotatable bonds is 18. The summed E-state index contributed by atoms with van der Waals surface area (Å²) in [5, 5.41) is 0. The van der Waals surface area contributed by atoms with Gasteiger partial charge in [-0.15, -0.1) is 0 Å². The molecule has 0 atom stereocenters. The molecule has 0 heterocycles. The van der Waals surface area contributed by atoms with Crippen molar-refractivity contribution in [3.05, 3.63) is 89.0 Å². The van der Waals surface area contributed by atoms with E-state index in [1.165, 1.54) is 35.1 Å². The van der Waals surface area contributed by atoms with Crippen LogP contribution in [0.5, 0.6) is 17.2 Å². The summed E-state index contributed by atoms with van der Waals surface area (Å²) >= 11 is 0. The largest absolute Gasteiger partial charge is 0.530 e. The second-order valence-corrected chi connectivity index (χ2v) is 11.1. The molecule has 3 rings (SSSR count). The van der Waals surface area contributed by atoms with Gasteiger partial charge in [0, 0.05) is 0 Å². The Hall–Kier alpha value is -2.51. The SMILES string of the molecule is CCCCc1ccc(OP(Oc2ccccc2CCCC)Oc2ccccc2CCCC)c(CCCC)c1. The molecule has 0 saturated carbocycles. The lowest BCUT2D eigenvalue weighted by molar-refractivity contribution is 0.382. The first-order chi connectivity index (χ1) is 18.7. The van der Waals surface area contributed by atoms with Crippen LogP contribution in [0.2, 0.25) is 0 Å². The summed E-state index contributed by atoms with van der Waals surface area (Å²) < 4.78 is 19.8. The fourth-order valence-corrected chi connectivity index (χ4v) is 5.58. The van der Waals surface area contributed by atoms with Crippen LogP contribution in [0.4, 0.5) is 0 Å². The third kappa shape index (κ3) is 9.66. The van der Waals surface area contributed by atoms with E-state index in [0.29, 0.717) is 0 Å².